The molecule has 0 N–H and O–H groups in total. The van der Waals surface area contributed by atoms with Crippen LogP contribution in [0.5, 0.6) is 0 Å². The average Bonchev–Trinajstić information content (AvgIpc) is 3.11. The predicted octanol–water partition coefficient (Wildman–Crippen LogP) is 3.78. The Balaban J connectivity index is 1.92. The van der Waals surface area contributed by atoms with Crippen molar-refractivity contribution in [2.75, 3.05) is 0 Å². The molecule has 0 aliphatic carbocycles. The molecule has 5 heteroatoms. The van der Waals surface area contributed by atoms with Crippen LogP contribution in [0.1, 0.15) is 0 Å². The van der Waals surface area contributed by atoms with Crippen LogP contribution in [0.15, 0.2) is 55.1 Å². The third kappa shape index (κ3) is 2.21. The van der Waals surface area contributed by atoms with Gasteiger partial charge in [0.25, 0.3) is 0 Å². The number of rotatable bonds is 2. The summed E-state index contributed by atoms with van der Waals surface area (Å²) < 4.78 is 17.2. The van der Waals surface area contributed by atoms with Crippen LogP contribution >= 0.6 is 0 Å². The molecule has 2 aromatic carbocycles. The van der Waals surface area contributed by atoms with Gasteiger partial charge in [-0.3, -0.25) is 0 Å². The number of fused-ring (bicyclic) bond motifs is 1. The predicted molar refractivity (Wildman–Crippen MR) is 88.3 cm³/mol. The Hall–Kier alpha value is -2.95. The maximum absolute atomic E-state index is 13.2. The van der Waals surface area contributed by atoms with Crippen molar-refractivity contribution in [1.82, 2.24) is 19.1 Å². The maximum Gasteiger partial charge on any atom is 0.123 e. The zero-order valence-corrected chi connectivity index (χ0v) is 12.9. The van der Waals surface area contributed by atoms with Crippen LogP contribution in [0.4, 0.5) is 4.39 Å². The lowest BCUT2D eigenvalue weighted by Crippen LogP contribution is -1.93. The maximum atomic E-state index is 13.2. The number of aromatic nitrogens is 4. The summed E-state index contributed by atoms with van der Waals surface area (Å²) in [5.74, 6) is -0.248. The molecule has 0 bridgehead atoms. The van der Waals surface area contributed by atoms with E-state index in [-0.39, 0.29) is 5.82 Å². The highest BCUT2D eigenvalue weighted by Crippen LogP contribution is 2.32. The number of halogens is 1. The van der Waals surface area contributed by atoms with Crippen LogP contribution in [0.2, 0.25) is 0 Å². The minimum atomic E-state index is -0.248. The Labute approximate surface area is 132 Å². The van der Waals surface area contributed by atoms with Crippen LogP contribution in [0.3, 0.4) is 0 Å². The van der Waals surface area contributed by atoms with Crippen molar-refractivity contribution in [2.24, 2.45) is 14.1 Å². The average molecular weight is 306 g/mol. The van der Waals surface area contributed by atoms with Crippen molar-refractivity contribution in [3.05, 3.63) is 60.9 Å². The number of nitrogens with zero attached hydrogens (tertiary/aromatic N) is 4. The van der Waals surface area contributed by atoms with Crippen molar-refractivity contribution in [2.45, 2.75) is 0 Å². The highest BCUT2D eigenvalue weighted by atomic mass is 19.1. The second kappa shape index (κ2) is 5.05. The summed E-state index contributed by atoms with van der Waals surface area (Å²) in [5, 5.41) is 0. The number of hydrogen-bond donors (Lipinski definition) is 0. The molecule has 0 saturated carbocycles. The molecule has 2 heterocycles. The summed E-state index contributed by atoms with van der Waals surface area (Å²) in [5.41, 5.74) is 5.82. The van der Waals surface area contributed by atoms with E-state index in [1.165, 1.54) is 12.1 Å². The van der Waals surface area contributed by atoms with Crippen molar-refractivity contribution in [3.8, 4) is 22.5 Å². The van der Waals surface area contributed by atoms with Crippen LogP contribution in [-0.4, -0.2) is 19.1 Å². The first-order valence-corrected chi connectivity index (χ1v) is 7.32. The Morgan fingerprint density at radius 3 is 2.30 bits per heavy atom. The molecule has 2 aromatic heterocycles. The quantitative estimate of drug-likeness (QED) is 0.565. The van der Waals surface area contributed by atoms with Gasteiger partial charge >= 0.3 is 0 Å². The Bertz CT molecular complexity index is 996. The fraction of sp³-hybridized carbons (Fsp3) is 0.111. The lowest BCUT2D eigenvalue weighted by molar-refractivity contribution is 0.628. The van der Waals surface area contributed by atoms with Gasteiger partial charge in [-0.05, 0) is 36.4 Å². The molecule has 0 saturated heterocycles. The summed E-state index contributed by atoms with van der Waals surface area (Å²) in [6.07, 6.45) is 3.58. The second-order valence-electron chi connectivity index (χ2n) is 5.62. The van der Waals surface area contributed by atoms with Crippen LogP contribution < -0.4 is 0 Å². The van der Waals surface area contributed by atoms with Crippen LogP contribution in [-0.2, 0) is 14.1 Å². The van der Waals surface area contributed by atoms with Gasteiger partial charge in [0.1, 0.15) is 5.82 Å². The zero-order chi connectivity index (χ0) is 16.0. The van der Waals surface area contributed by atoms with E-state index in [4.69, 9.17) is 0 Å². The van der Waals surface area contributed by atoms with Crippen molar-refractivity contribution in [1.29, 1.82) is 0 Å². The van der Waals surface area contributed by atoms with Crippen molar-refractivity contribution >= 4 is 11.0 Å². The highest BCUT2D eigenvalue weighted by molar-refractivity contribution is 5.86. The van der Waals surface area contributed by atoms with Gasteiger partial charge in [-0.25, -0.2) is 14.4 Å². The van der Waals surface area contributed by atoms with Gasteiger partial charge in [0.2, 0.25) is 0 Å². The van der Waals surface area contributed by atoms with E-state index < -0.39 is 0 Å². The van der Waals surface area contributed by atoms with E-state index in [0.717, 1.165) is 33.5 Å². The largest absolute Gasteiger partial charge is 0.334 e. The molecule has 0 spiro atoms. The first-order chi connectivity index (χ1) is 11.1. The molecule has 0 fully saturated rings. The van der Waals surface area contributed by atoms with Gasteiger partial charge < -0.3 is 9.13 Å². The van der Waals surface area contributed by atoms with Crippen LogP contribution in [0, 0.1) is 5.82 Å². The third-order valence-electron chi connectivity index (χ3n) is 4.05. The van der Waals surface area contributed by atoms with Gasteiger partial charge in [-0.2, -0.15) is 0 Å². The summed E-state index contributed by atoms with van der Waals surface area (Å²) in [6.45, 7) is 0. The first-order valence-electron chi connectivity index (χ1n) is 7.32. The molecule has 0 amide bonds. The molecule has 0 atom stereocenters. The van der Waals surface area contributed by atoms with E-state index in [9.17, 15) is 4.39 Å². The van der Waals surface area contributed by atoms with Gasteiger partial charge in [-0.1, -0.05) is 6.07 Å². The smallest absolute Gasteiger partial charge is 0.123 e. The molecular formula is C18H15FN4. The molecular weight excluding hydrogens is 291 g/mol. The lowest BCUT2D eigenvalue weighted by Gasteiger charge is -2.08. The van der Waals surface area contributed by atoms with Gasteiger partial charge in [0.15, 0.2) is 0 Å². The monoisotopic (exact) mass is 306 g/mol. The van der Waals surface area contributed by atoms with E-state index in [0.29, 0.717) is 0 Å². The molecule has 4 nitrogen and oxygen atoms in total. The number of aryl methyl sites for hydroxylation is 2. The SMILES string of the molecule is Cn1cnc(-c2ccc(F)cc2)c1-c1ccc2ncn(C)c2c1. The Morgan fingerprint density at radius 2 is 1.52 bits per heavy atom. The standard InChI is InChI=1S/C18H15FN4/c1-22-10-20-15-8-5-13(9-16(15)22)18-17(21-11-23(18)2)12-3-6-14(19)7-4-12/h3-11H,1-2H3. The third-order valence-corrected chi connectivity index (χ3v) is 4.05. The fourth-order valence-electron chi connectivity index (χ4n) is 2.86. The van der Waals surface area contributed by atoms with Gasteiger partial charge in [0.05, 0.1) is 35.1 Å². The Kier molecular flexibility index (Phi) is 3.01. The molecule has 0 aliphatic rings. The summed E-state index contributed by atoms with van der Waals surface area (Å²) in [7, 11) is 3.94. The number of benzene rings is 2. The van der Waals surface area contributed by atoms with E-state index in [1.54, 1.807) is 24.8 Å². The molecule has 0 aliphatic heterocycles. The molecule has 0 radical (unpaired) electrons. The highest BCUT2D eigenvalue weighted by Gasteiger charge is 2.14. The molecule has 4 rings (SSSR count). The van der Waals surface area contributed by atoms with Crippen LogP contribution in [0.25, 0.3) is 33.5 Å². The Morgan fingerprint density at radius 1 is 0.826 bits per heavy atom. The van der Waals surface area contributed by atoms with Crippen molar-refractivity contribution in [3.63, 3.8) is 0 Å². The summed E-state index contributed by atoms with van der Waals surface area (Å²) in [4.78, 5) is 8.85. The van der Waals surface area contributed by atoms with E-state index in [2.05, 4.69) is 16.0 Å². The minimum Gasteiger partial charge on any atom is -0.334 e. The molecule has 114 valence electrons. The number of hydrogen-bond acceptors (Lipinski definition) is 2. The zero-order valence-electron chi connectivity index (χ0n) is 12.9. The number of imidazole rings is 2. The summed E-state index contributed by atoms with van der Waals surface area (Å²) in [6, 6.07) is 12.6. The second-order valence-corrected chi connectivity index (χ2v) is 5.62. The summed E-state index contributed by atoms with van der Waals surface area (Å²) >= 11 is 0. The van der Waals surface area contributed by atoms with Crippen molar-refractivity contribution < 1.29 is 4.39 Å². The fourth-order valence-corrected chi connectivity index (χ4v) is 2.86. The molecule has 0 unspecified atom stereocenters. The van der Waals surface area contributed by atoms with Gasteiger partial charge in [-0.15, -0.1) is 0 Å². The topological polar surface area (TPSA) is 35.6 Å². The minimum absolute atomic E-state index is 0.248. The molecule has 4 aromatic rings. The van der Waals surface area contributed by atoms with E-state index in [1.807, 2.05) is 35.4 Å². The first kappa shape index (κ1) is 13.7. The van der Waals surface area contributed by atoms with Gasteiger partial charge in [0, 0.05) is 25.2 Å². The normalized spacial score (nSPS) is 11.3. The molecule has 23 heavy (non-hydrogen) atoms. The van der Waals surface area contributed by atoms with E-state index >= 15 is 0 Å². The lowest BCUT2D eigenvalue weighted by atomic mass is 10.0.